The molecule has 0 radical (unpaired) electrons. The number of carbonyl (C=O) groups excluding carboxylic acids is 1. The summed E-state index contributed by atoms with van der Waals surface area (Å²) in [5, 5.41) is 10.2. The minimum Gasteiger partial charge on any atom is -0.357 e. The summed E-state index contributed by atoms with van der Waals surface area (Å²) in [7, 11) is 0. The van der Waals surface area contributed by atoms with Gasteiger partial charge in [0.2, 0.25) is 0 Å². The second kappa shape index (κ2) is 7.87. The molecule has 1 amide bonds. The fourth-order valence-electron chi connectivity index (χ4n) is 2.34. The van der Waals surface area contributed by atoms with Crippen LogP contribution >= 0.6 is 11.3 Å². The normalized spacial score (nSPS) is 16.0. The summed E-state index contributed by atoms with van der Waals surface area (Å²) >= 11 is 1.45. The molecule has 2 heterocycles. The Balaban J connectivity index is 2.07. The van der Waals surface area contributed by atoms with Gasteiger partial charge >= 0.3 is 0 Å². The average molecular weight is 330 g/mol. The number of aromatic nitrogens is 1. The number of amides is 1. The second-order valence-electron chi connectivity index (χ2n) is 5.25. The largest absolute Gasteiger partial charge is 0.357 e. The van der Waals surface area contributed by atoms with E-state index in [1.54, 1.807) is 18.4 Å². The molecule has 2 rings (SSSR count). The highest BCUT2D eigenvalue weighted by Crippen LogP contribution is 2.21. The third-order valence-corrected chi connectivity index (χ3v) is 4.59. The maximum Gasteiger partial charge on any atom is 0.273 e. The first-order valence-electron chi connectivity index (χ1n) is 7.57. The van der Waals surface area contributed by atoms with E-state index in [-0.39, 0.29) is 5.91 Å². The standard InChI is InChI=1S/C17H22N4OS/c1-4-6-7-14(5-2)16-19-15(12-23-16)17(22)21-10-8-20(9-11-21)13(3)18/h4-7,12,18H,2,8-11H2,1,3H3/b6-4-,14-7+,18-13?. The number of rotatable bonds is 4. The van der Waals surface area contributed by atoms with Gasteiger partial charge in [-0.3, -0.25) is 10.2 Å². The molecule has 1 aromatic heterocycles. The van der Waals surface area contributed by atoms with E-state index in [9.17, 15) is 4.79 Å². The van der Waals surface area contributed by atoms with Crippen molar-refractivity contribution in [2.45, 2.75) is 13.8 Å². The molecule has 0 saturated carbocycles. The van der Waals surface area contributed by atoms with Crippen LogP contribution in [-0.2, 0) is 0 Å². The third kappa shape index (κ3) is 4.16. The zero-order valence-electron chi connectivity index (χ0n) is 13.6. The van der Waals surface area contributed by atoms with Crippen LogP contribution in [0.2, 0.25) is 0 Å². The van der Waals surface area contributed by atoms with E-state index in [0.717, 1.165) is 10.6 Å². The van der Waals surface area contributed by atoms with Crippen LogP contribution in [0.1, 0.15) is 29.3 Å². The van der Waals surface area contributed by atoms with Crippen LogP contribution in [0, 0.1) is 5.41 Å². The average Bonchev–Trinajstić information content (AvgIpc) is 3.05. The fraction of sp³-hybridized carbons (Fsp3) is 0.353. The molecule has 1 N–H and O–H groups in total. The van der Waals surface area contributed by atoms with E-state index < -0.39 is 0 Å². The van der Waals surface area contributed by atoms with Crippen LogP contribution in [0.5, 0.6) is 0 Å². The molecule has 0 atom stereocenters. The van der Waals surface area contributed by atoms with Gasteiger partial charge in [-0.2, -0.15) is 0 Å². The zero-order valence-corrected chi connectivity index (χ0v) is 14.4. The summed E-state index contributed by atoms with van der Waals surface area (Å²) in [6.07, 6.45) is 7.55. The molecule has 1 aromatic rings. The molecule has 0 spiro atoms. The summed E-state index contributed by atoms with van der Waals surface area (Å²) in [6, 6.07) is 0. The van der Waals surface area contributed by atoms with Crippen molar-refractivity contribution in [3.63, 3.8) is 0 Å². The topological polar surface area (TPSA) is 60.3 Å². The van der Waals surface area contributed by atoms with E-state index >= 15 is 0 Å². The van der Waals surface area contributed by atoms with Crippen molar-refractivity contribution < 1.29 is 4.79 Å². The smallest absolute Gasteiger partial charge is 0.273 e. The van der Waals surface area contributed by atoms with Gasteiger partial charge in [-0.25, -0.2) is 4.98 Å². The lowest BCUT2D eigenvalue weighted by Crippen LogP contribution is -2.50. The number of thiazole rings is 1. The molecular weight excluding hydrogens is 308 g/mol. The number of carbonyl (C=O) groups is 1. The van der Waals surface area contributed by atoms with E-state index in [0.29, 0.717) is 37.7 Å². The van der Waals surface area contributed by atoms with Crippen molar-refractivity contribution in [1.82, 2.24) is 14.8 Å². The predicted molar refractivity (Wildman–Crippen MR) is 96.0 cm³/mol. The molecular formula is C17H22N4OS. The second-order valence-corrected chi connectivity index (χ2v) is 6.11. The molecule has 6 heteroatoms. The monoisotopic (exact) mass is 330 g/mol. The molecule has 122 valence electrons. The van der Waals surface area contributed by atoms with E-state index in [1.807, 2.05) is 35.0 Å². The van der Waals surface area contributed by atoms with Gasteiger partial charge in [0.05, 0.1) is 5.84 Å². The Hall–Kier alpha value is -2.21. The highest BCUT2D eigenvalue weighted by atomic mass is 32.1. The lowest BCUT2D eigenvalue weighted by atomic mass is 10.2. The van der Waals surface area contributed by atoms with Gasteiger partial charge in [0.15, 0.2) is 0 Å². The first-order chi connectivity index (χ1) is 11.1. The molecule has 1 aliphatic heterocycles. The van der Waals surface area contributed by atoms with Gasteiger partial charge in [-0.15, -0.1) is 11.3 Å². The maximum absolute atomic E-state index is 12.6. The van der Waals surface area contributed by atoms with Crippen LogP contribution in [0.3, 0.4) is 0 Å². The Labute approximate surface area is 141 Å². The number of allylic oxidation sites excluding steroid dienone is 5. The van der Waals surface area contributed by atoms with Gasteiger partial charge in [-0.05, 0) is 13.8 Å². The van der Waals surface area contributed by atoms with Crippen LogP contribution in [0.15, 0.2) is 36.3 Å². The van der Waals surface area contributed by atoms with E-state index in [4.69, 9.17) is 5.41 Å². The summed E-state index contributed by atoms with van der Waals surface area (Å²) < 4.78 is 0. The Morgan fingerprint density at radius 3 is 2.57 bits per heavy atom. The molecule has 0 aromatic carbocycles. The molecule has 23 heavy (non-hydrogen) atoms. The molecule has 5 nitrogen and oxygen atoms in total. The first kappa shape index (κ1) is 17.1. The van der Waals surface area contributed by atoms with Crippen molar-refractivity contribution in [2.24, 2.45) is 0 Å². The fourth-order valence-corrected chi connectivity index (χ4v) is 3.15. The van der Waals surface area contributed by atoms with E-state index in [1.165, 1.54) is 11.3 Å². The van der Waals surface area contributed by atoms with Crippen molar-refractivity contribution in [1.29, 1.82) is 5.41 Å². The van der Waals surface area contributed by atoms with Gasteiger partial charge in [0, 0.05) is 37.1 Å². The van der Waals surface area contributed by atoms with Gasteiger partial charge < -0.3 is 9.80 Å². The molecule has 0 unspecified atom stereocenters. The Kier molecular flexibility index (Phi) is 5.87. The van der Waals surface area contributed by atoms with Gasteiger partial charge in [-0.1, -0.05) is 30.9 Å². The number of amidine groups is 1. The van der Waals surface area contributed by atoms with Crippen LogP contribution in [0.4, 0.5) is 0 Å². The first-order valence-corrected chi connectivity index (χ1v) is 8.45. The van der Waals surface area contributed by atoms with Crippen LogP contribution in [-0.4, -0.2) is 52.7 Å². The zero-order chi connectivity index (χ0) is 16.8. The molecule has 0 aliphatic carbocycles. The molecule has 1 fully saturated rings. The minimum absolute atomic E-state index is 0.0378. The highest BCUT2D eigenvalue weighted by molar-refractivity contribution is 7.11. The molecule has 1 saturated heterocycles. The van der Waals surface area contributed by atoms with Gasteiger partial charge in [0.1, 0.15) is 10.7 Å². The quantitative estimate of drug-likeness (QED) is 0.524. The minimum atomic E-state index is -0.0378. The van der Waals surface area contributed by atoms with E-state index in [2.05, 4.69) is 11.6 Å². The van der Waals surface area contributed by atoms with Crippen molar-refractivity contribution in [3.05, 3.63) is 47.0 Å². The van der Waals surface area contributed by atoms with Crippen molar-refractivity contribution in [3.8, 4) is 0 Å². The van der Waals surface area contributed by atoms with Crippen LogP contribution < -0.4 is 0 Å². The Morgan fingerprint density at radius 2 is 2.00 bits per heavy atom. The number of hydrogen-bond acceptors (Lipinski definition) is 4. The highest BCUT2D eigenvalue weighted by Gasteiger charge is 2.24. The summed E-state index contributed by atoms with van der Waals surface area (Å²) in [5.74, 6) is 0.516. The number of hydrogen-bond donors (Lipinski definition) is 1. The summed E-state index contributed by atoms with van der Waals surface area (Å²) in [5.41, 5.74) is 1.40. The number of piperazine rings is 1. The Bertz CT molecular complexity index is 651. The summed E-state index contributed by atoms with van der Waals surface area (Å²) in [6.45, 7) is 10.2. The lowest BCUT2D eigenvalue weighted by molar-refractivity contribution is 0.0686. The third-order valence-electron chi connectivity index (χ3n) is 3.70. The van der Waals surface area contributed by atoms with Crippen LogP contribution in [0.25, 0.3) is 5.57 Å². The lowest BCUT2D eigenvalue weighted by Gasteiger charge is -2.35. The molecule has 1 aliphatic rings. The van der Waals surface area contributed by atoms with Crippen molar-refractivity contribution in [2.75, 3.05) is 26.2 Å². The summed E-state index contributed by atoms with van der Waals surface area (Å²) in [4.78, 5) is 20.8. The Morgan fingerprint density at radius 1 is 1.35 bits per heavy atom. The maximum atomic E-state index is 12.6. The van der Waals surface area contributed by atoms with Gasteiger partial charge in [0.25, 0.3) is 5.91 Å². The SMILES string of the molecule is C=C/C(=C\C=C/C)c1nc(C(=O)N2CCN(C(C)=N)CC2)cs1. The predicted octanol–water partition coefficient (Wildman–Crippen LogP) is 3.04. The number of nitrogens with one attached hydrogen (secondary N) is 1. The number of nitrogens with zero attached hydrogens (tertiary/aromatic N) is 3. The molecule has 0 bridgehead atoms. The van der Waals surface area contributed by atoms with Crippen molar-refractivity contribution >= 4 is 28.7 Å².